The molecule has 2 aromatic rings. The van der Waals surface area contributed by atoms with Crippen LogP contribution in [0.5, 0.6) is 0 Å². The Hall–Kier alpha value is -2.17. The first-order chi connectivity index (χ1) is 13.0. The number of rotatable bonds is 9. The molecule has 0 radical (unpaired) electrons. The van der Waals surface area contributed by atoms with Gasteiger partial charge in [-0.05, 0) is 43.7 Å². The average Bonchev–Trinajstić information content (AvgIpc) is 2.70. The first kappa shape index (κ1) is 21.1. The summed E-state index contributed by atoms with van der Waals surface area (Å²) in [5.41, 5.74) is 5.07. The lowest BCUT2D eigenvalue weighted by Gasteiger charge is -2.20. The Balaban J connectivity index is 2.57. The van der Waals surface area contributed by atoms with E-state index in [1.54, 1.807) is 0 Å². The van der Waals surface area contributed by atoms with Crippen molar-refractivity contribution in [3.63, 3.8) is 0 Å². The summed E-state index contributed by atoms with van der Waals surface area (Å²) >= 11 is 0. The topological polar surface area (TPSA) is 62.7 Å². The molecule has 2 heterocycles. The third kappa shape index (κ3) is 4.76. The Morgan fingerprint density at radius 3 is 2.04 bits per heavy atom. The van der Waals surface area contributed by atoms with Crippen LogP contribution in [0.15, 0.2) is 12.1 Å². The lowest BCUT2D eigenvalue weighted by Crippen LogP contribution is -2.20. The highest BCUT2D eigenvalue weighted by Crippen LogP contribution is 2.31. The zero-order valence-corrected chi connectivity index (χ0v) is 18.0. The molecular weight excluding hydrogens is 334 g/mol. The maximum absolute atomic E-state index is 5.03. The van der Waals surface area contributed by atoms with Gasteiger partial charge in [0.05, 0.1) is 17.1 Å². The van der Waals surface area contributed by atoms with E-state index in [9.17, 15) is 0 Å². The van der Waals surface area contributed by atoms with Crippen molar-refractivity contribution in [2.45, 2.75) is 79.2 Å². The van der Waals surface area contributed by atoms with Gasteiger partial charge in [0.1, 0.15) is 11.6 Å². The van der Waals surface area contributed by atoms with Gasteiger partial charge in [0, 0.05) is 24.3 Å². The third-order valence-electron chi connectivity index (χ3n) is 5.04. The van der Waals surface area contributed by atoms with Crippen LogP contribution in [0.4, 0.5) is 11.6 Å². The summed E-state index contributed by atoms with van der Waals surface area (Å²) in [6.45, 7) is 13.0. The predicted molar refractivity (Wildman–Crippen MR) is 116 cm³/mol. The maximum atomic E-state index is 5.03. The van der Waals surface area contributed by atoms with Crippen LogP contribution >= 0.6 is 0 Å². The molecule has 5 nitrogen and oxygen atoms in total. The molecule has 0 aliphatic carbocycles. The minimum Gasteiger partial charge on any atom is -0.373 e. The predicted octanol–water partition coefficient (Wildman–Crippen LogP) is 5.43. The molecular formula is C22H35N5. The third-order valence-corrected chi connectivity index (χ3v) is 5.04. The van der Waals surface area contributed by atoms with E-state index in [0.717, 1.165) is 65.7 Å². The van der Waals surface area contributed by atoms with Crippen molar-refractivity contribution in [3.05, 3.63) is 29.2 Å². The quantitative estimate of drug-likeness (QED) is 0.617. The molecule has 0 aliphatic heterocycles. The van der Waals surface area contributed by atoms with Crippen LogP contribution in [0, 0.1) is 0 Å². The summed E-state index contributed by atoms with van der Waals surface area (Å²) in [7, 11) is 1.92. The second kappa shape index (κ2) is 9.67. The average molecular weight is 370 g/mol. The van der Waals surface area contributed by atoms with Gasteiger partial charge >= 0.3 is 0 Å². The molecule has 0 spiro atoms. The number of aromatic nitrogens is 3. The van der Waals surface area contributed by atoms with Crippen LogP contribution in [0.25, 0.3) is 11.3 Å². The van der Waals surface area contributed by atoms with Crippen LogP contribution in [-0.4, -0.2) is 28.0 Å². The highest BCUT2D eigenvalue weighted by molar-refractivity contribution is 5.75. The van der Waals surface area contributed by atoms with E-state index < -0.39 is 0 Å². The second-order valence-corrected chi connectivity index (χ2v) is 7.22. The van der Waals surface area contributed by atoms with E-state index in [0.29, 0.717) is 12.0 Å². The molecule has 2 aromatic heterocycles. The molecule has 0 saturated carbocycles. The monoisotopic (exact) mass is 369 g/mol. The minimum atomic E-state index is 0.390. The normalized spacial score (nSPS) is 11.3. The summed E-state index contributed by atoms with van der Waals surface area (Å²) in [4.78, 5) is 14.8. The molecule has 5 heteroatoms. The van der Waals surface area contributed by atoms with Crippen molar-refractivity contribution >= 4 is 11.6 Å². The van der Waals surface area contributed by atoms with E-state index in [2.05, 4.69) is 64.3 Å². The van der Waals surface area contributed by atoms with Gasteiger partial charge < -0.3 is 10.6 Å². The lowest BCUT2D eigenvalue weighted by molar-refractivity contribution is 0.665. The molecule has 0 unspecified atom stereocenters. The van der Waals surface area contributed by atoms with Gasteiger partial charge in [-0.1, -0.05) is 41.5 Å². The molecule has 2 N–H and O–H groups in total. The van der Waals surface area contributed by atoms with E-state index in [1.807, 2.05) is 7.05 Å². The fourth-order valence-corrected chi connectivity index (χ4v) is 3.19. The van der Waals surface area contributed by atoms with E-state index >= 15 is 0 Å². The zero-order chi connectivity index (χ0) is 20.0. The van der Waals surface area contributed by atoms with Gasteiger partial charge in [-0.15, -0.1) is 0 Å². The van der Waals surface area contributed by atoms with Crippen molar-refractivity contribution in [3.8, 4) is 11.3 Å². The van der Waals surface area contributed by atoms with Gasteiger partial charge in [-0.25, -0.2) is 15.0 Å². The summed E-state index contributed by atoms with van der Waals surface area (Å²) in [5, 5.41) is 6.85. The Bertz CT molecular complexity index is 751. The number of nitrogens with one attached hydrogen (secondary N) is 2. The van der Waals surface area contributed by atoms with Gasteiger partial charge in [0.25, 0.3) is 0 Å². The van der Waals surface area contributed by atoms with E-state index in [1.165, 1.54) is 0 Å². The Morgan fingerprint density at radius 2 is 1.52 bits per heavy atom. The van der Waals surface area contributed by atoms with E-state index in [4.69, 9.17) is 15.0 Å². The minimum absolute atomic E-state index is 0.390. The molecule has 0 bridgehead atoms. The van der Waals surface area contributed by atoms with Crippen molar-refractivity contribution in [2.24, 2.45) is 0 Å². The summed E-state index contributed by atoms with van der Waals surface area (Å²) in [6.07, 6.45) is 3.84. The van der Waals surface area contributed by atoms with Gasteiger partial charge in [-0.3, -0.25) is 0 Å². The Labute approximate surface area is 164 Å². The number of aryl methyl sites for hydroxylation is 2. The molecule has 0 fully saturated rings. The van der Waals surface area contributed by atoms with Crippen LogP contribution < -0.4 is 10.6 Å². The molecule has 148 valence electrons. The van der Waals surface area contributed by atoms with Crippen molar-refractivity contribution in [2.75, 3.05) is 17.7 Å². The molecule has 0 aliphatic rings. The SMILES string of the molecule is CCc1nc(-c2ccc(C(C)C)nc2NC)c(CC)nc1NC(CC)CC. The van der Waals surface area contributed by atoms with Gasteiger partial charge in [-0.2, -0.15) is 0 Å². The van der Waals surface area contributed by atoms with Crippen LogP contribution in [-0.2, 0) is 12.8 Å². The molecule has 0 saturated heterocycles. The maximum Gasteiger partial charge on any atom is 0.148 e. The highest BCUT2D eigenvalue weighted by atomic mass is 15.1. The summed E-state index contributed by atoms with van der Waals surface area (Å²) in [5.74, 6) is 2.19. The summed E-state index contributed by atoms with van der Waals surface area (Å²) in [6, 6.07) is 4.66. The second-order valence-electron chi connectivity index (χ2n) is 7.22. The lowest BCUT2D eigenvalue weighted by atomic mass is 10.0. The zero-order valence-electron chi connectivity index (χ0n) is 18.0. The van der Waals surface area contributed by atoms with Crippen LogP contribution in [0.1, 0.15) is 77.4 Å². The van der Waals surface area contributed by atoms with Crippen LogP contribution in [0.3, 0.4) is 0 Å². The molecule has 0 aromatic carbocycles. The van der Waals surface area contributed by atoms with Crippen molar-refractivity contribution < 1.29 is 0 Å². The Morgan fingerprint density at radius 1 is 0.852 bits per heavy atom. The number of hydrogen-bond acceptors (Lipinski definition) is 5. The first-order valence-electron chi connectivity index (χ1n) is 10.3. The standard InChI is InChI=1S/C22H35N5/c1-8-15(9-2)24-22-18(11-4)25-20(17(10-3)26-22)16-12-13-19(14(5)6)27-21(16)23-7/h12-15H,8-11H2,1-7H3,(H,23,27)(H,24,26). The van der Waals surface area contributed by atoms with Crippen molar-refractivity contribution in [1.29, 1.82) is 0 Å². The first-order valence-corrected chi connectivity index (χ1v) is 10.3. The van der Waals surface area contributed by atoms with Gasteiger partial charge in [0.2, 0.25) is 0 Å². The Kier molecular flexibility index (Phi) is 7.57. The fraction of sp³-hybridized carbons (Fsp3) is 0.591. The molecule has 0 amide bonds. The number of nitrogens with zero attached hydrogens (tertiary/aromatic N) is 3. The number of pyridine rings is 1. The molecule has 27 heavy (non-hydrogen) atoms. The van der Waals surface area contributed by atoms with Crippen LogP contribution in [0.2, 0.25) is 0 Å². The summed E-state index contributed by atoms with van der Waals surface area (Å²) < 4.78 is 0. The largest absolute Gasteiger partial charge is 0.373 e. The molecule has 0 atom stereocenters. The highest BCUT2D eigenvalue weighted by Gasteiger charge is 2.18. The van der Waals surface area contributed by atoms with Gasteiger partial charge in [0.15, 0.2) is 0 Å². The number of hydrogen-bond donors (Lipinski definition) is 2. The molecule has 2 rings (SSSR count). The smallest absolute Gasteiger partial charge is 0.148 e. The fourth-order valence-electron chi connectivity index (χ4n) is 3.19. The van der Waals surface area contributed by atoms with E-state index in [-0.39, 0.29) is 0 Å². The number of anilines is 2. The van der Waals surface area contributed by atoms with Crippen molar-refractivity contribution in [1.82, 2.24) is 15.0 Å².